The first-order valence-corrected chi connectivity index (χ1v) is 4.30. The molecule has 0 amide bonds. The molecule has 3 N–H and O–H groups in total. The molecule has 0 aromatic heterocycles. The van der Waals surface area contributed by atoms with Gasteiger partial charge in [0.15, 0.2) is 11.5 Å². The summed E-state index contributed by atoms with van der Waals surface area (Å²) in [5.74, 6) is -3.21. The minimum Gasteiger partial charge on any atom is -0.508 e. The molecule has 16 heavy (non-hydrogen) atoms. The van der Waals surface area contributed by atoms with Crippen molar-refractivity contribution in [1.82, 2.24) is 0 Å². The Balaban J connectivity index is 3.05. The van der Waals surface area contributed by atoms with Crippen LogP contribution in [0.1, 0.15) is 5.56 Å². The molecule has 0 unspecified atom stereocenters. The van der Waals surface area contributed by atoms with Gasteiger partial charge in [0.1, 0.15) is 5.75 Å². The molecule has 0 heterocycles. The van der Waals surface area contributed by atoms with Gasteiger partial charge in [0.25, 0.3) is 0 Å². The Bertz CT molecular complexity index is 437. The summed E-state index contributed by atoms with van der Waals surface area (Å²) in [6, 6.07) is 2.20. The average molecular weight is 226 g/mol. The molecule has 1 aromatic rings. The zero-order valence-electron chi connectivity index (χ0n) is 8.43. The number of ether oxygens (including phenoxy) is 1. The number of methoxy groups -OCH3 is 1. The van der Waals surface area contributed by atoms with Crippen molar-refractivity contribution in [3.63, 3.8) is 0 Å². The Kier molecular flexibility index (Phi) is 3.34. The van der Waals surface area contributed by atoms with Crippen LogP contribution in [0.25, 0.3) is 0 Å². The zero-order valence-corrected chi connectivity index (χ0v) is 8.43. The molecule has 0 fully saturated rings. The molecule has 0 bridgehead atoms. The summed E-state index contributed by atoms with van der Waals surface area (Å²) in [7, 11) is 1.30. The molecule has 0 radical (unpaired) electrons. The number of aliphatic carboxylic acids is 1. The van der Waals surface area contributed by atoms with E-state index in [9.17, 15) is 19.8 Å². The predicted octanol–water partition coefficient (Wildman–Crippen LogP) is 0.303. The Morgan fingerprint density at radius 1 is 1.25 bits per heavy atom. The van der Waals surface area contributed by atoms with Gasteiger partial charge in [-0.25, -0.2) is 4.79 Å². The summed E-state index contributed by atoms with van der Waals surface area (Å²) < 4.78 is 4.76. The van der Waals surface area contributed by atoms with E-state index >= 15 is 0 Å². The van der Waals surface area contributed by atoms with Crippen LogP contribution in [-0.4, -0.2) is 34.2 Å². The summed E-state index contributed by atoms with van der Waals surface area (Å²) in [5.41, 5.74) is 0.0852. The van der Waals surface area contributed by atoms with Crippen LogP contribution in [0.2, 0.25) is 0 Å². The monoisotopic (exact) mass is 226 g/mol. The molecule has 0 saturated carbocycles. The number of phenolic OH excluding ortho intramolecular Hbond substituents is 2. The molecule has 6 nitrogen and oxygen atoms in total. The fourth-order valence-electron chi connectivity index (χ4n) is 1.15. The molecule has 0 aliphatic carbocycles. The van der Waals surface area contributed by atoms with Crippen LogP contribution in [0.15, 0.2) is 12.1 Å². The molecule has 0 atom stereocenters. The third kappa shape index (κ3) is 2.41. The molecule has 0 aliphatic rings. The molecule has 0 spiro atoms. The van der Waals surface area contributed by atoms with Crippen LogP contribution in [0.4, 0.5) is 0 Å². The summed E-state index contributed by atoms with van der Waals surface area (Å²) >= 11 is 0. The zero-order chi connectivity index (χ0) is 12.3. The van der Waals surface area contributed by atoms with Crippen LogP contribution in [-0.2, 0) is 16.0 Å². The molecule has 1 aromatic carbocycles. The fourth-order valence-corrected chi connectivity index (χ4v) is 1.15. The van der Waals surface area contributed by atoms with Crippen LogP contribution >= 0.6 is 0 Å². The van der Waals surface area contributed by atoms with Gasteiger partial charge >= 0.3 is 5.97 Å². The van der Waals surface area contributed by atoms with E-state index in [2.05, 4.69) is 0 Å². The fraction of sp³-hybridized carbons (Fsp3) is 0.200. The third-order valence-electron chi connectivity index (χ3n) is 1.97. The van der Waals surface area contributed by atoms with E-state index < -0.39 is 18.2 Å². The normalized spacial score (nSPS) is 9.81. The number of rotatable bonds is 4. The lowest BCUT2D eigenvalue weighted by molar-refractivity contribution is -0.148. The third-order valence-corrected chi connectivity index (χ3v) is 1.97. The number of aromatic hydroxyl groups is 2. The van der Waals surface area contributed by atoms with E-state index in [1.807, 2.05) is 0 Å². The SMILES string of the molecule is COc1cc(CC(=O)C(=O)O)c(O)cc1O. The highest BCUT2D eigenvalue weighted by Gasteiger charge is 2.16. The van der Waals surface area contributed by atoms with Gasteiger partial charge in [-0.3, -0.25) is 4.79 Å². The second kappa shape index (κ2) is 4.52. The maximum absolute atomic E-state index is 10.9. The standard InChI is InChI=1S/C10H10O6/c1-16-9-3-5(2-8(13)10(14)15)6(11)4-7(9)12/h3-4,11-12H,2H2,1H3,(H,14,15). The van der Waals surface area contributed by atoms with E-state index in [0.717, 1.165) is 6.07 Å². The lowest BCUT2D eigenvalue weighted by Gasteiger charge is -2.07. The average Bonchev–Trinajstić information content (AvgIpc) is 2.21. The van der Waals surface area contributed by atoms with Gasteiger partial charge < -0.3 is 20.1 Å². The quantitative estimate of drug-likeness (QED) is 0.638. The number of benzene rings is 1. The van der Waals surface area contributed by atoms with Gasteiger partial charge in [-0.15, -0.1) is 0 Å². The number of carboxylic acid groups (broad SMARTS) is 1. The Morgan fingerprint density at radius 3 is 2.38 bits per heavy atom. The first-order chi connectivity index (χ1) is 7.45. The molecule has 6 heteroatoms. The van der Waals surface area contributed by atoms with E-state index in [4.69, 9.17) is 9.84 Å². The number of phenols is 2. The smallest absolute Gasteiger partial charge is 0.372 e. The lowest BCUT2D eigenvalue weighted by Crippen LogP contribution is -2.15. The number of carboxylic acids is 1. The van der Waals surface area contributed by atoms with Gasteiger partial charge in [-0.05, 0) is 6.07 Å². The van der Waals surface area contributed by atoms with Gasteiger partial charge in [0.05, 0.1) is 7.11 Å². The summed E-state index contributed by atoms with van der Waals surface area (Å²) in [6.07, 6.45) is -0.461. The van der Waals surface area contributed by atoms with E-state index in [1.165, 1.54) is 13.2 Å². The van der Waals surface area contributed by atoms with Crippen LogP contribution < -0.4 is 4.74 Å². The number of ketones is 1. The second-order valence-corrected chi connectivity index (χ2v) is 3.06. The molecule has 0 saturated heterocycles. The molecule has 0 aliphatic heterocycles. The van der Waals surface area contributed by atoms with E-state index in [0.29, 0.717) is 0 Å². The minimum absolute atomic E-state index is 0.0611. The summed E-state index contributed by atoms with van der Waals surface area (Å²) in [5, 5.41) is 27.1. The molecule has 86 valence electrons. The van der Waals surface area contributed by atoms with Crippen LogP contribution in [0.3, 0.4) is 0 Å². The maximum atomic E-state index is 10.9. The number of hydrogen-bond donors (Lipinski definition) is 3. The van der Waals surface area contributed by atoms with Gasteiger partial charge in [0.2, 0.25) is 5.78 Å². The second-order valence-electron chi connectivity index (χ2n) is 3.06. The summed E-state index contributed by atoms with van der Waals surface area (Å²) in [4.78, 5) is 21.3. The Hall–Kier alpha value is -2.24. The van der Waals surface area contributed by atoms with Crippen LogP contribution in [0, 0.1) is 0 Å². The number of hydrogen-bond acceptors (Lipinski definition) is 5. The van der Waals surface area contributed by atoms with Gasteiger partial charge in [-0.2, -0.15) is 0 Å². The van der Waals surface area contributed by atoms with E-state index in [1.54, 1.807) is 0 Å². The number of carbonyl (C=O) groups is 2. The van der Waals surface area contributed by atoms with Crippen molar-refractivity contribution >= 4 is 11.8 Å². The largest absolute Gasteiger partial charge is 0.508 e. The van der Waals surface area contributed by atoms with Crippen molar-refractivity contribution in [2.45, 2.75) is 6.42 Å². The lowest BCUT2D eigenvalue weighted by atomic mass is 10.1. The highest BCUT2D eigenvalue weighted by Crippen LogP contribution is 2.33. The molecular formula is C10H10O6. The maximum Gasteiger partial charge on any atom is 0.372 e. The first kappa shape index (κ1) is 11.8. The highest BCUT2D eigenvalue weighted by molar-refractivity contribution is 6.33. The number of carbonyl (C=O) groups excluding carboxylic acids is 1. The molecule has 1 rings (SSSR count). The topological polar surface area (TPSA) is 104 Å². The summed E-state index contributed by atoms with van der Waals surface area (Å²) in [6.45, 7) is 0. The Morgan fingerprint density at radius 2 is 1.88 bits per heavy atom. The van der Waals surface area contributed by atoms with Crippen molar-refractivity contribution < 1.29 is 29.6 Å². The van der Waals surface area contributed by atoms with E-state index in [-0.39, 0.29) is 22.8 Å². The van der Waals surface area contributed by atoms with Crippen molar-refractivity contribution in [2.24, 2.45) is 0 Å². The predicted molar refractivity (Wildman–Crippen MR) is 52.7 cm³/mol. The first-order valence-electron chi connectivity index (χ1n) is 4.30. The van der Waals surface area contributed by atoms with Crippen molar-refractivity contribution in [3.05, 3.63) is 17.7 Å². The highest BCUT2D eigenvalue weighted by atomic mass is 16.5. The van der Waals surface area contributed by atoms with Crippen molar-refractivity contribution in [2.75, 3.05) is 7.11 Å². The minimum atomic E-state index is -1.58. The van der Waals surface area contributed by atoms with Crippen molar-refractivity contribution in [1.29, 1.82) is 0 Å². The molecular weight excluding hydrogens is 216 g/mol. The number of Topliss-reactive ketones (excluding diaryl/α,β-unsaturated/α-hetero) is 1. The van der Waals surface area contributed by atoms with Crippen molar-refractivity contribution in [3.8, 4) is 17.2 Å². The van der Waals surface area contributed by atoms with Gasteiger partial charge in [-0.1, -0.05) is 0 Å². The van der Waals surface area contributed by atoms with Gasteiger partial charge in [0, 0.05) is 18.1 Å². The van der Waals surface area contributed by atoms with Crippen LogP contribution in [0.5, 0.6) is 17.2 Å². The Labute approximate surface area is 90.7 Å².